The van der Waals surface area contributed by atoms with Crippen molar-refractivity contribution < 1.29 is 4.74 Å². The van der Waals surface area contributed by atoms with E-state index in [1.54, 1.807) is 18.2 Å². The van der Waals surface area contributed by atoms with Gasteiger partial charge in [0, 0.05) is 0 Å². The van der Waals surface area contributed by atoms with Crippen molar-refractivity contribution in [1.82, 2.24) is 0 Å². The highest BCUT2D eigenvalue weighted by molar-refractivity contribution is 5.40. The Morgan fingerprint density at radius 2 is 2.06 bits per heavy atom. The average Bonchev–Trinajstić information content (AvgIpc) is 2.37. The molecule has 1 aromatic carbocycles. The maximum Gasteiger partial charge on any atom is 0.119 e. The Bertz CT molecular complexity index is 410. The van der Waals surface area contributed by atoms with Crippen molar-refractivity contribution in [2.24, 2.45) is 11.8 Å². The molecule has 3 rings (SSSR count). The van der Waals surface area contributed by atoms with Gasteiger partial charge < -0.3 is 4.74 Å². The second-order valence-electron chi connectivity index (χ2n) is 5.89. The molecule has 0 bridgehead atoms. The molecule has 17 heavy (non-hydrogen) atoms. The second kappa shape index (κ2) is 4.36. The number of hydrogen-bond acceptors (Lipinski definition) is 1. The maximum atomic E-state index is 5.33. The lowest BCUT2D eigenvalue weighted by molar-refractivity contribution is 0.221. The predicted octanol–water partition coefficient (Wildman–Crippen LogP) is 4.16. The van der Waals surface area contributed by atoms with Gasteiger partial charge in [-0.25, -0.2) is 0 Å². The molecule has 1 heteroatoms. The normalized spacial score (nSPS) is 31.5. The number of aryl methyl sites for hydroxylation is 1. The van der Waals surface area contributed by atoms with Crippen molar-refractivity contribution in [1.29, 1.82) is 0 Å². The molecule has 0 amide bonds. The molecule has 1 aromatic rings. The van der Waals surface area contributed by atoms with Crippen LogP contribution >= 0.6 is 0 Å². The molecule has 0 aliphatic heterocycles. The van der Waals surface area contributed by atoms with Crippen LogP contribution in [0.4, 0.5) is 0 Å². The van der Waals surface area contributed by atoms with Gasteiger partial charge in [-0.15, -0.1) is 0 Å². The molecular formula is C16H22O. The van der Waals surface area contributed by atoms with Gasteiger partial charge in [0.15, 0.2) is 0 Å². The number of fused-ring (bicyclic) bond motifs is 3. The fourth-order valence-electron chi connectivity index (χ4n) is 3.86. The molecule has 0 radical (unpaired) electrons. The molecule has 3 atom stereocenters. The van der Waals surface area contributed by atoms with Gasteiger partial charge in [-0.05, 0) is 66.7 Å². The third-order valence-corrected chi connectivity index (χ3v) is 4.78. The molecule has 0 heterocycles. The zero-order chi connectivity index (χ0) is 11.8. The summed E-state index contributed by atoms with van der Waals surface area (Å²) in [6.45, 7) is 2.42. The molecule has 2 unspecified atom stereocenters. The first-order valence-corrected chi connectivity index (χ1v) is 6.94. The summed E-state index contributed by atoms with van der Waals surface area (Å²) < 4.78 is 5.33. The molecule has 0 aromatic heterocycles. The van der Waals surface area contributed by atoms with E-state index in [0.717, 1.165) is 23.5 Å². The monoisotopic (exact) mass is 230 g/mol. The van der Waals surface area contributed by atoms with Gasteiger partial charge in [0.25, 0.3) is 0 Å². The minimum Gasteiger partial charge on any atom is -0.497 e. The number of rotatable bonds is 1. The van der Waals surface area contributed by atoms with Crippen LogP contribution < -0.4 is 4.74 Å². The first-order chi connectivity index (χ1) is 8.28. The van der Waals surface area contributed by atoms with E-state index in [4.69, 9.17) is 4.74 Å². The first kappa shape index (κ1) is 11.1. The van der Waals surface area contributed by atoms with Crippen molar-refractivity contribution in [2.75, 3.05) is 7.11 Å². The van der Waals surface area contributed by atoms with E-state index >= 15 is 0 Å². The predicted molar refractivity (Wildman–Crippen MR) is 70.6 cm³/mol. The van der Waals surface area contributed by atoms with Gasteiger partial charge in [0.05, 0.1) is 7.11 Å². The summed E-state index contributed by atoms with van der Waals surface area (Å²) in [5.41, 5.74) is 3.16. The summed E-state index contributed by atoms with van der Waals surface area (Å²) >= 11 is 0. The minimum absolute atomic E-state index is 0.834. The van der Waals surface area contributed by atoms with E-state index in [1.807, 2.05) is 0 Å². The standard InChI is InChI=1S/C16H22O/c1-11-3-7-15-12(9-11)4-5-13-10-14(17-2)6-8-16(13)15/h6,8,10-12,15H,3-5,7,9H2,1-2H3/t11-,12?,15?/m0/s1. The van der Waals surface area contributed by atoms with E-state index in [2.05, 4.69) is 25.1 Å². The van der Waals surface area contributed by atoms with E-state index in [1.165, 1.54) is 32.1 Å². The van der Waals surface area contributed by atoms with E-state index in [0.29, 0.717) is 0 Å². The van der Waals surface area contributed by atoms with E-state index < -0.39 is 0 Å². The molecule has 1 saturated carbocycles. The average molecular weight is 230 g/mol. The Labute approximate surface area is 104 Å². The van der Waals surface area contributed by atoms with Crippen LogP contribution in [0.25, 0.3) is 0 Å². The van der Waals surface area contributed by atoms with Gasteiger partial charge in [0.2, 0.25) is 0 Å². The lowest BCUT2D eigenvalue weighted by Crippen LogP contribution is -2.27. The van der Waals surface area contributed by atoms with Gasteiger partial charge >= 0.3 is 0 Å². The Balaban J connectivity index is 1.91. The molecule has 2 aliphatic carbocycles. The van der Waals surface area contributed by atoms with Gasteiger partial charge in [-0.2, -0.15) is 0 Å². The van der Waals surface area contributed by atoms with E-state index in [-0.39, 0.29) is 0 Å². The lowest BCUT2D eigenvalue weighted by Gasteiger charge is -2.39. The smallest absolute Gasteiger partial charge is 0.119 e. The van der Waals surface area contributed by atoms with Crippen molar-refractivity contribution in [3.05, 3.63) is 29.3 Å². The molecule has 92 valence electrons. The highest BCUT2D eigenvalue weighted by atomic mass is 16.5. The molecule has 2 aliphatic rings. The van der Waals surface area contributed by atoms with Crippen molar-refractivity contribution in [2.45, 2.75) is 44.9 Å². The van der Waals surface area contributed by atoms with Crippen LogP contribution in [-0.4, -0.2) is 7.11 Å². The Morgan fingerprint density at radius 1 is 1.18 bits per heavy atom. The molecule has 0 saturated heterocycles. The van der Waals surface area contributed by atoms with Gasteiger partial charge in [-0.3, -0.25) is 0 Å². The summed E-state index contributed by atoms with van der Waals surface area (Å²) in [5.74, 6) is 3.74. The number of ether oxygens (including phenoxy) is 1. The molecule has 0 spiro atoms. The van der Waals surface area contributed by atoms with E-state index in [9.17, 15) is 0 Å². The molecular weight excluding hydrogens is 208 g/mol. The summed E-state index contributed by atoms with van der Waals surface area (Å²) in [5, 5.41) is 0. The van der Waals surface area contributed by atoms with Crippen molar-refractivity contribution >= 4 is 0 Å². The third kappa shape index (κ3) is 1.96. The maximum absolute atomic E-state index is 5.33. The largest absolute Gasteiger partial charge is 0.497 e. The van der Waals surface area contributed by atoms with Crippen molar-refractivity contribution in [3.8, 4) is 5.75 Å². The fourth-order valence-corrected chi connectivity index (χ4v) is 3.86. The van der Waals surface area contributed by atoms with Crippen LogP contribution in [0.1, 0.15) is 49.7 Å². The van der Waals surface area contributed by atoms with Crippen LogP contribution in [0.3, 0.4) is 0 Å². The van der Waals surface area contributed by atoms with Crippen LogP contribution in [0.15, 0.2) is 18.2 Å². The van der Waals surface area contributed by atoms with Crippen LogP contribution in [0.2, 0.25) is 0 Å². The van der Waals surface area contributed by atoms with Gasteiger partial charge in [-0.1, -0.05) is 19.4 Å². The number of benzene rings is 1. The Kier molecular flexibility index (Phi) is 2.85. The number of methoxy groups -OCH3 is 1. The quantitative estimate of drug-likeness (QED) is 0.704. The molecule has 0 N–H and O–H groups in total. The molecule has 1 nitrogen and oxygen atoms in total. The first-order valence-electron chi connectivity index (χ1n) is 6.94. The van der Waals surface area contributed by atoms with Crippen LogP contribution in [0.5, 0.6) is 5.75 Å². The Hall–Kier alpha value is -0.980. The van der Waals surface area contributed by atoms with Gasteiger partial charge in [0.1, 0.15) is 5.75 Å². The summed E-state index contributed by atoms with van der Waals surface area (Å²) in [4.78, 5) is 0. The topological polar surface area (TPSA) is 9.23 Å². The summed E-state index contributed by atoms with van der Waals surface area (Å²) in [6, 6.07) is 6.71. The highest BCUT2D eigenvalue weighted by Crippen LogP contribution is 2.47. The van der Waals surface area contributed by atoms with Crippen LogP contribution in [0, 0.1) is 11.8 Å². The minimum atomic E-state index is 0.834. The third-order valence-electron chi connectivity index (χ3n) is 4.78. The summed E-state index contributed by atoms with van der Waals surface area (Å²) in [6.07, 6.45) is 6.88. The van der Waals surface area contributed by atoms with Crippen molar-refractivity contribution in [3.63, 3.8) is 0 Å². The zero-order valence-electron chi connectivity index (χ0n) is 10.9. The fraction of sp³-hybridized carbons (Fsp3) is 0.625. The second-order valence-corrected chi connectivity index (χ2v) is 5.89. The Morgan fingerprint density at radius 3 is 2.88 bits per heavy atom. The summed E-state index contributed by atoms with van der Waals surface area (Å²) in [7, 11) is 1.76. The SMILES string of the molecule is COc1ccc2c(c1)CCC1C[C@@H](C)CCC21. The highest BCUT2D eigenvalue weighted by Gasteiger charge is 2.33. The molecule has 1 fully saturated rings. The van der Waals surface area contributed by atoms with Crippen LogP contribution in [-0.2, 0) is 6.42 Å². The zero-order valence-corrected chi connectivity index (χ0v) is 10.9. The number of hydrogen-bond donors (Lipinski definition) is 0. The lowest BCUT2D eigenvalue weighted by atomic mass is 9.66.